The van der Waals surface area contributed by atoms with Gasteiger partial charge in [-0.15, -0.1) is 0 Å². The number of nitrogens with zero attached hydrogens (tertiary/aromatic N) is 4. The molecule has 0 aromatic heterocycles. The molecule has 4 heteroatoms. The summed E-state index contributed by atoms with van der Waals surface area (Å²) in [5, 5.41) is 0. The van der Waals surface area contributed by atoms with Crippen LogP contribution in [0.5, 0.6) is 0 Å². The van der Waals surface area contributed by atoms with Crippen LogP contribution in [0.2, 0.25) is 0 Å². The molecule has 0 aliphatic rings. The second-order valence-electron chi connectivity index (χ2n) is 10.0. The fourth-order valence-electron chi connectivity index (χ4n) is 1.95. The second-order valence-corrected chi connectivity index (χ2v) is 10.0. The van der Waals surface area contributed by atoms with Crippen LogP contribution in [-0.4, -0.2) is 62.8 Å². The predicted molar refractivity (Wildman–Crippen MR) is 115 cm³/mol. The van der Waals surface area contributed by atoms with E-state index in [1.54, 1.807) is 0 Å². The third-order valence-corrected chi connectivity index (χ3v) is 3.07. The summed E-state index contributed by atoms with van der Waals surface area (Å²) in [4.78, 5) is 16.1. The van der Waals surface area contributed by atoms with Crippen molar-refractivity contribution in [2.75, 3.05) is 39.3 Å². The lowest BCUT2D eigenvalue weighted by atomic mass is 9.99. The van der Waals surface area contributed by atoms with Crippen LogP contribution in [0.4, 0.5) is 0 Å². The summed E-state index contributed by atoms with van der Waals surface area (Å²) in [5.74, 6) is 0. The fraction of sp³-hybridized carbons (Fsp3) is 0.857. The Kier molecular flexibility index (Phi) is 10.4. The summed E-state index contributed by atoms with van der Waals surface area (Å²) < 4.78 is 0. The molecule has 0 unspecified atom stereocenters. The number of hydrogen-bond donors (Lipinski definition) is 0. The minimum atomic E-state index is 0.152. The number of rotatable bonds is 9. The van der Waals surface area contributed by atoms with E-state index in [0.717, 1.165) is 39.3 Å². The van der Waals surface area contributed by atoms with Gasteiger partial charge in [0.15, 0.2) is 0 Å². The number of aliphatic imine (C=N–C) groups is 3. The van der Waals surface area contributed by atoms with Crippen LogP contribution in [0.25, 0.3) is 0 Å². The van der Waals surface area contributed by atoms with Gasteiger partial charge in [-0.2, -0.15) is 0 Å². The van der Waals surface area contributed by atoms with Gasteiger partial charge in [0.25, 0.3) is 0 Å². The molecule has 0 radical (unpaired) electrons. The van der Waals surface area contributed by atoms with Gasteiger partial charge in [0, 0.05) is 38.3 Å². The van der Waals surface area contributed by atoms with Crippen molar-refractivity contribution in [3.8, 4) is 0 Å². The Labute approximate surface area is 156 Å². The summed E-state index contributed by atoms with van der Waals surface area (Å²) in [6, 6.07) is 0. The van der Waals surface area contributed by atoms with E-state index < -0.39 is 0 Å². The molecule has 0 bridgehead atoms. The Bertz CT molecular complexity index is 362. The summed E-state index contributed by atoms with van der Waals surface area (Å²) in [5.41, 5.74) is 0.455. The summed E-state index contributed by atoms with van der Waals surface area (Å²) in [7, 11) is 0. The van der Waals surface area contributed by atoms with Gasteiger partial charge in [0.05, 0.1) is 19.6 Å². The summed E-state index contributed by atoms with van der Waals surface area (Å²) in [6.45, 7) is 25.0. The van der Waals surface area contributed by atoms with Crippen LogP contribution < -0.4 is 0 Å². The van der Waals surface area contributed by atoms with E-state index in [-0.39, 0.29) is 16.2 Å². The predicted octanol–water partition coefficient (Wildman–Crippen LogP) is 4.64. The maximum Gasteiger partial charge on any atom is 0.0513 e. The van der Waals surface area contributed by atoms with E-state index in [2.05, 4.69) is 101 Å². The van der Waals surface area contributed by atoms with Gasteiger partial charge in [-0.05, 0) is 16.2 Å². The minimum Gasteiger partial charge on any atom is -0.298 e. The van der Waals surface area contributed by atoms with E-state index >= 15 is 0 Å². The lowest BCUT2D eigenvalue weighted by Gasteiger charge is -2.20. The highest BCUT2D eigenvalue weighted by Gasteiger charge is 2.08. The van der Waals surface area contributed by atoms with E-state index in [4.69, 9.17) is 0 Å². The Balaban J connectivity index is 4.47. The topological polar surface area (TPSA) is 40.3 Å². The van der Waals surface area contributed by atoms with Gasteiger partial charge < -0.3 is 0 Å². The van der Waals surface area contributed by atoms with Crippen molar-refractivity contribution in [2.24, 2.45) is 31.2 Å². The Morgan fingerprint density at radius 2 is 0.760 bits per heavy atom. The highest BCUT2D eigenvalue weighted by molar-refractivity contribution is 5.64. The van der Waals surface area contributed by atoms with Crippen LogP contribution in [0.1, 0.15) is 62.3 Å². The zero-order valence-corrected chi connectivity index (χ0v) is 18.3. The monoisotopic (exact) mass is 350 g/mol. The molecule has 0 saturated heterocycles. The van der Waals surface area contributed by atoms with Crippen LogP contribution in [0.15, 0.2) is 15.0 Å². The third-order valence-electron chi connectivity index (χ3n) is 3.07. The molecule has 0 saturated carbocycles. The van der Waals surface area contributed by atoms with Gasteiger partial charge >= 0.3 is 0 Å². The Morgan fingerprint density at radius 1 is 0.520 bits per heavy atom. The molecule has 0 aromatic carbocycles. The molecule has 0 heterocycles. The summed E-state index contributed by atoms with van der Waals surface area (Å²) >= 11 is 0. The van der Waals surface area contributed by atoms with Crippen molar-refractivity contribution in [3.63, 3.8) is 0 Å². The third kappa shape index (κ3) is 19.1. The van der Waals surface area contributed by atoms with Crippen LogP contribution in [0, 0.1) is 16.2 Å². The van der Waals surface area contributed by atoms with E-state index in [0.29, 0.717) is 0 Å². The maximum atomic E-state index is 4.57. The highest BCUT2D eigenvalue weighted by atomic mass is 15.1. The van der Waals surface area contributed by atoms with Crippen molar-refractivity contribution in [1.82, 2.24) is 4.90 Å². The molecule has 25 heavy (non-hydrogen) atoms. The fourth-order valence-corrected chi connectivity index (χ4v) is 1.95. The Morgan fingerprint density at radius 3 is 0.960 bits per heavy atom. The largest absolute Gasteiger partial charge is 0.298 e. The van der Waals surface area contributed by atoms with E-state index in [1.807, 2.05) is 0 Å². The van der Waals surface area contributed by atoms with Crippen molar-refractivity contribution in [2.45, 2.75) is 62.3 Å². The van der Waals surface area contributed by atoms with Crippen molar-refractivity contribution in [1.29, 1.82) is 0 Å². The van der Waals surface area contributed by atoms with Gasteiger partial charge in [0.2, 0.25) is 0 Å². The lowest BCUT2D eigenvalue weighted by Crippen LogP contribution is -2.32. The molecule has 0 rings (SSSR count). The molecular weight excluding hydrogens is 308 g/mol. The lowest BCUT2D eigenvalue weighted by molar-refractivity contribution is 0.297. The van der Waals surface area contributed by atoms with E-state index in [1.165, 1.54) is 0 Å². The van der Waals surface area contributed by atoms with Gasteiger partial charge in [-0.25, -0.2) is 0 Å². The first-order valence-electron chi connectivity index (χ1n) is 9.54. The van der Waals surface area contributed by atoms with Crippen molar-refractivity contribution in [3.05, 3.63) is 0 Å². The molecule has 0 aromatic rings. The first kappa shape index (κ1) is 24.0. The average Bonchev–Trinajstić information content (AvgIpc) is 2.40. The molecule has 0 spiro atoms. The SMILES string of the molecule is CC(C)(C)C=NCCN(CCN=CC(C)(C)C)CCN=CC(C)(C)C. The average molecular weight is 351 g/mol. The molecule has 4 nitrogen and oxygen atoms in total. The van der Waals surface area contributed by atoms with Crippen LogP contribution >= 0.6 is 0 Å². The highest BCUT2D eigenvalue weighted by Crippen LogP contribution is 2.09. The molecule has 0 aliphatic carbocycles. The first-order chi connectivity index (χ1) is 11.3. The molecule has 0 aliphatic heterocycles. The number of hydrogen-bond acceptors (Lipinski definition) is 4. The maximum absolute atomic E-state index is 4.57. The molecule has 0 amide bonds. The molecule has 0 N–H and O–H groups in total. The molecule has 146 valence electrons. The molecule has 0 fully saturated rings. The quantitative estimate of drug-likeness (QED) is 0.558. The first-order valence-corrected chi connectivity index (χ1v) is 9.54. The van der Waals surface area contributed by atoms with Gasteiger partial charge in [0.1, 0.15) is 0 Å². The Hall–Kier alpha value is -1.03. The second kappa shape index (κ2) is 10.8. The summed E-state index contributed by atoms with van der Waals surface area (Å²) in [6.07, 6.45) is 6.17. The van der Waals surface area contributed by atoms with Gasteiger partial charge in [-0.3, -0.25) is 19.9 Å². The van der Waals surface area contributed by atoms with Crippen molar-refractivity contribution < 1.29 is 0 Å². The molecule has 0 atom stereocenters. The zero-order valence-electron chi connectivity index (χ0n) is 18.3. The minimum absolute atomic E-state index is 0.152. The zero-order chi connectivity index (χ0) is 19.6. The van der Waals surface area contributed by atoms with Crippen LogP contribution in [-0.2, 0) is 0 Å². The van der Waals surface area contributed by atoms with Gasteiger partial charge in [-0.1, -0.05) is 62.3 Å². The normalized spacial score (nSPS) is 14.6. The van der Waals surface area contributed by atoms with Crippen molar-refractivity contribution >= 4 is 18.6 Å². The van der Waals surface area contributed by atoms with Crippen LogP contribution in [0.3, 0.4) is 0 Å². The van der Waals surface area contributed by atoms with E-state index in [9.17, 15) is 0 Å². The smallest absolute Gasteiger partial charge is 0.0513 e. The molecular formula is C21H42N4. The standard InChI is InChI=1S/C21H42N4/c1-19(2,3)16-22-10-13-25(14-11-23-17-20(4,5)6)15-12-24-18-21(7,8)9/h16-18H,10-15H2,1-9H3.